The molecule has 0 saturated heterocycles. The molecule has 4 N–H and O–H groups in total. The van der Waals surface area contributed by atoms with Crippen molar-refractivity contribution in [3.63, 3.8) is 0 Å². The number of hydrogen-bond donors (Lipinski definition) is 4. The number of aromatic hydroxyl groups is 2. The zero-order valence-electron chi connectivity index (χ0n) is 59.0. The first kappa shape index (κ1) is 88.2. The van der Waals surface area contributed by atoms with Gasteiger partial charge in [0.15, 0.2) is 11.6 Å². The third kappa shape index (κ3) is 51.2. The molecule has 97 heavy (non-hydrogen) atoms. The number of rotatable bonds is 48. The smallest absolute Gasteiger partial charge is 0.336 e. The fourth-order valence-corrected chi connectivity index (χ4v) is 9.32. The molecule has 3 aromatic carbocycles. The molecule has 0 atom stereocenters. The molecule has 10 nitrogen and oxygen atoms in total. The largest absolute Gasteiger partial charge is 0.507 e. The molecule has 0 heterocycles. The number of carboxylic acids is 1. The van der Waals surface area contributed by atoms with Gasteiger partial charge in [-0.3, -0.25) is 24.0 Å². The van der Waals surface area contributed by atoms with Crippen LogP contribution in [0.2, 0.25) is 0 Å². The van der Waals surface area contributed by atoms with Crippen molar-refractivity contribution in [3.8, 4) is 11.5 Å². The highest BCUT2D eigenvalue weighted by Crippen LogP contribution is 2.22. The molecule has 0 saturated carbocycles. The minimum atomic E-state index is -0.994. The number of hydrogen-bond acceptors (Lipinski definition) is 8. The lowest BCUT2D eigenvalue weighted by atomic mass is 10.00. The van der Waals surface area contributed by atoms with E-state index in [1.807, 2.05) is 6.08 Å². The number of amides is 1. The summed E-state index contributed by atoms with van der Waals surface area (Å²) in [6, 6.07) is 14.5. The van der Waals surface area contributed by atoms with Crippen molar-refractivity contribution < 1.29 is 44.1 Å². The number of aryl methyl sites for hydroxylation is 1. The van der Waals surface area contributed by atoms with E-state index < -0.39 is 5.97 Å². The van der Waals surface area contributed by atoms with Gasteiger partial charge in [-0.05, 0) is 202 Å². The highest BCUT2D eigenvalue weighted by atomic mass is 16.4. The summed E-state index contributed by atoms with van der Waals surface area (Å²) in [6.45, 7) is 11.0. The molecule has 0 bridgehead atoms. The zero-order chi connectivity index (χ0) is 70.3. The molecule has 526 valence electrons. The lowest BCUT2D eigenvalue weighted by molar-refractivity contribution is -0.119. The maximum atomic E-state index is 12.1. The molecule has 3 aromatic rings. The second kappa shape index (κ2) is 62.1. The number of carboxylic acid groups (broad SMARTS) is 1. The first-order chi connectivity index (χ1) is 46.6. The maximum absolute atomic E-state index is 12.1. The van der Waals surface area contributed by atoms with Crippen LogP contribution in [0.1, 0.15) is 257 Å². The first-order valence-corrected chi connectivity index (χ1v) is 35.1. The summed E-state index contributed by atoms with van der Waals surface area (Å²) in [5, 5.41) is 31.3. The van der Waals surface area contributed by atoms with Crippen molar-refractivity contribution in [2.75, 3.05) is 5.32 Å². The monoisotopic (exact) mass is 1320 g/mol. The number of allylic oxidation sites excluding steroid dienone is 28. The molecule has 1 amide bonds. The Labute approximate surface area is 585 Å². The van der Waals surface area contributed by atoms with Gasteiger partial charge in [-0.1, -0.05) is 236 Å². The summed E-state index contributed by atoms with van der Waals surface area (Å²) >= 11 is 0. The second-order valence-corrected chi connectivity index (χ2v) is 23.3. The second-order valence-electron chi connectivity index (χ2n) is 23.3. The van der Waals surface area contributed by atoms with Crippen molar-refractivity contribution in [2.24, 2.45) is 0 Å². The summed E-state index contributed by atoms with van der Waals surface area (Å²) in [5.74, 6) is -1.22. The van der Waals surface area contributed by atoms with Crippen LogP contribution in [0.25, 0.3) is 0 Å². The van der Waals surface area contributed by atoms with E-state index in [4.69, 9.17) is 5.11 Å². The number of carbonyl (C=O) groups is 6. The van der Waals surface area contributed by atoms with Crippen molar-refractivity contribution in [3.05, 3.63) is 258 Å². The molecule has 0 spiro atoms. The van der Waals surface area contributed by atoms with Crippen LogP contribution in [0.5, 0.6) is 11.5 Å². The lowest BCUT2D eigenvalue weighted by Crippen LogP contribution is -2.11. The van der Waals surface area contributed by atoms with Gasteiger partial charge in [0.2, 0.25) is 5.91 Å². The summed E-state index contributed by atoms with van der Waals surface area (Å²) < 4.78 is 0. The third-order valence-corrected chi connectivity index (χ3v) is 14.7. The fourth-order valence-electron chi connectivity index (χ4n) is 9.32. The van der Waals surface area contributed by atoms with Crippen LogP contribution in [0.15, 0.2) is 225 Å². The molecule has 0 radical (unpaired) electrons. The van der Waals surface area contributed by atoms with Crippen LogP contribution in [0.3, 0.4) is 0 Å². The van der Waals surface area contributed by atoms with E-state index in [9.17, 15) is 39.0 Å². The fraction of sp³-hybridized carbons (Fsp3) is 0.402. The molecular formula is C87H119NO9. The van der Waals surface area contributed by atoms with E-state index in [1.165, 1.54) is 51.3 Å². The van der Waals surface area contributed by atoms with Gasteiger partial charge in [0.25, 0.3) is 0 Å². The van der Waals surface area contributed by atoms with Crippen LogP contribution in [0.4, 0.5) is 5.69 Å². The number of ketones is 4. The Morgan fingerprint density at radius 3 is 1.04 bits per heavy atom. The number of unbranched alkanes of at least 4 members (excludes halogenated alkanes) is 6. The van der Waals surface area contributed by atoms with Gasteiger partial charge in [0, 0.05) is 37.8 Å². The van der Waals surface area contributed by atoms with Gasteiger partial charge in [0.05, 0.1) is 16.7 Å². The number of phenols is 2. The average Bonchev–Trinajstić information content (AvgIpc) is 1.02. The number of anilines is 1. The Balaban J connectivity index is 0.00000142. The van der Waals surface area contributed by atoms with E-state index >= 15 is 0 Å². The number of phenolic OH excluding ortho intramolecular Hbond substituents is 2. The molecular weight excluding hydrogens is 1200 g/mol. The molecule has 0 aliphatic heterocycles. The number of benzene rings is 3. The van der Waals surface area contributed by atoms with Gasteiger partial charge < -0.3 is 20.6 Å². The van der Waals surface area contributed by atoms with E-state index in [0.29, 0.717) is 49.8 Å². The number of aromatic carboxylic acids is 1. The molecule has 0 fully saturated rings. The predicted octanol–water partition coefficient (Wildman–Crippen LogP) is 23.7. The number of carbonyl (C=O) groups excluding carboxylic acids is 5. The average molecular weight is 1320 g/mol. The first-order valence-electron chi connectivity index (χ1n) is 35.1. The third-order valence-electron chi connectivity index (χ3n) is 14.7. The highest BCUT2D eigenvalue weighted by Gasteiger charge is 2.13. The highest BCUT2D eigenvalue weighted by molar-refractivity contribution is 5.98. The molecule has 10 heteroatoms. The quantitative estimate of drug-likeness (QED) is 0.0244. The van der Waals surface area contributed by atoms with Crippen LogP contribution < -0.4 is 5.32 Å². The van der Waals surface area contributed by atoms with Gasteiger partial charge in [-0.2, -0.15) is 0 Å². The van der Waals surface area contributed by atoms with E-state index in [-0.39, 0.29) is 64.7 Å². The van der Waals surface area contributed by atoms with E-state index in [0.717, 1.165) is 133 Å². The summed E-state index contributed by atoms with van der Waals surface area (Å²) in [7, 11) is 0. The Morgan fingerprint density at radius 1 is 0.361 bits per heavy atom. The van der Waals surface area contributed by atoms with Crippen LogP contribution >= 0.6 is 0 Å². The van der Waals surface area contributed by atoms with Crippen molar-refractivity contribution in [2.45, 2.75) is 229 Å². The van der Waals surface area contributed by atoms with E-state index in [2.05, 4.69) is 190 Å². The minimum absolute atomic E-state index is 0. The van der Waals surface area contributed by atoms with Crippen molar-refractivity contribution >= 4 is 40.7 Å². The van der Waals surface area contributed by atoms with Crippen molar-refractivity contribution in [1.29, 1.82) is 0 Å². The normalized spacial score (nSPS) is 12.1. The van der Waals surface area contributed by atoms with Gasteiger partial charge in [-0.25, -0.2) is 4.79 Å². The molecule has 0 aliphatic rings. The summed E-state index contributed by atoms with van der Waals surface area (Å²) in [5.41, 5.74) is 3.51. The van der Waals surface area contributed by atoms with Crippen molar-refractivity contribution in [1.82, 2.24) is 0 Å². The SMILES string of the molecule is C.CC/C=C\C/C=C\C/C=C\C/C=C\C/C=C\C/C=C\CCC(=O)Nc1ccc(C)c(C(=O)O)c1.CC/C=C\C/C=C\C/C=C\C/C=C\C/C=C\CCCC(=O)Cc1ccc(O)c(C(C)=O)c1.CC/C=C\C/C=C\C/C=C\CCCCCCCC(=O)Cc1ccc(O)c(C(C)=O)c1. The van der Waals surface area contributed by atoms with Crippen LogP contribution in [-0.4, -0.2) is 50.3 Å². The van der Waals surface area contributed by atoms with Crippen LogP contribution in [-0.2, 0) is 27.2 Å². The Morgan fingerprint density at radius 2 is 0.680 bits per heavy atom. The number of nitrogens with one attached hydrogen (secondary N) is 1. The molecule has 3 rings (SSSR count). The summed E-state index contributed by atoms with van der Waals surface area (Å²) in [4.78, 5) is 70.5. The Bertz CT molecular complexity index is 3140. The Hall–Kier alpha value is -8.76. The predicted molar refractivity (Wildman–Crippen MR) is 412 cm³/mol. The maximum Gasteiger partial charge on any atom is 0.336 e. The van der Waals surface area contributed by atoms with Gasteiger partial charge >= 0.3 is 5.97 Å². The Kier molecular flexibility index (Phi) is 56.5. The minimum Gasteiger partial charge on any atom is -0.507 e. The standard InChI is InChI=1S/C30H39NO3.C29H38O3.C27H38O3.CH4/c1-3-4-5-6-7-8-9-10-11-12-13-14-15-16-17-18-19-20-21-22-29(32)31-27-24-23-26(2)28(25-27)30(33)34;1-3-4-5-6-7-8-9-10-11-12-13-14-15-16-17-18-19-20-27(31)23-26-21-22-29(32)28(24-26)25(2)30;1-3-4-5-6-7-8-9-10-11-12-13-14-15-16-17-18-25(29)21-24-19-20-27(30)26(22-24)23(2)28;/h4-5,7-8,10-11,13-14,16-17,19-20,23-25H,3,6,9,12,15,18,21-22H2,1-2H3,(H,31,32)(H,33,34);4-5,7-8,10-11,13-14,16-17,21-22,24,32H,3,6,9,12,15,18-20,23H2,1-2H3;4-5,7-8,10-11,19-20,22,30H,3,6,9,12-18,21H2,1-2H3;1H4/b5-4-,8-7-,11-10-,14-13-,17-16-,20-19-;5-4-,8-7-,11-10-,14-13-,17-16-;5-4-,8-7-,11-10-;. The van der Waals surface area contributed by atoms with Crippen LogP contribution in [0, 0.1) is 6.92 Å². The molecule has 0 unspecified atom stereocenters. The van der Waals surface area contributed by atoms with Gasteiger partial charge in [0.1, 0.15) is 23.1 Å². The molecule has 0 aliphatic carbocycles. The zero-order valence-corrected chi connectivity index (χ0v) is 59.0. The molecule has 0 aromatic heterocycles. The van der Waals surface area contributed by atoms with E-state index in [1.54, 1.807) is 43.3 Å². The lowest BCUT2D eigenvalue weighted by Gasteiger charge is -2.07. The summed E-state index contributed by atoms with van der Waals surface area (Å²) in [6.07, 6.45) is 85.9. The van der Waals surface area contributed by atoms with Gasteiger partial charge in [-0.15, -0.1) is 0 Å². The number of Topliss-reactive ketones (excluding diaryl/α,β-unsaturated/α-hetero) is 4. The topological polar surface area (TPSA) is 175 Å².